The third-order valence-electron chi connectivity index (χ3n) is 4.15. The molecule has 0 radical (unpaired) electrons. The first kappa shape index (κ1) is 17.2. The molecule has 0 bridgehead atoms. The summed E-state index contributed by atoms with van der Waals surface area (Å²) in [6, 6.07) is 16.3. The number of rotatable bonds is 3. The molecule has 4 rings (SSSR count). The number of hydrogen-bond acceptors (Lipinski definition) is 7. The second-order valence-corrected chi connectivity index (χ2v) is 7.01. The third-order valence-corrected chi connectivity index (χ3v) is 4.68. The molecular formula is C19H16BrN7. The van der Waals surface area contributed by atoms with Gasteiger partial charge in [-0.1, -0.05) is 52.3 Å². The Balaban J connectivity index is 1.67. The standard InChI is InChI=1S/C19H16BrN7/c20-13-7-3-11(4-8-13)9-10-1-5-12(6-2-10)14-16(21)25-18-15(24-14)17(22)26-19(23)27-18/h1-8H,9H2,(H6,21,22,23,25,26,27). The summed E-state index contributed by atoms with van der Waals surface area (Å²) in [7, 11) is 0. The molecule has 0 amide bonds. The maximum atomic E-state index is 6.07. The van der Waals surface area contributed by atoms with Crippen molar-refractivity contribution in [1.82, 2.24) is 19.9 Å². The minimum Gasteiger partial charge on any atom is -0.382 e. The lowest BCUT2D eigenvalue weighted by molar-refractivity contribution is 1.17. The van der Waals surface area contributed by atoms with Crippen molar-refractivity contribution < 1.29 is 0 Å². The molecule has 0 atom stereocenters. The Morgan fingerprint density at radius 2 is 1.33 bits per heavy atom. The van der Waals surface area contributed by atoms with E-state index >= 15 is 0 Å². The lowest BCUT2D eigenvalue weighted by Crippen LogP contribution is -2.06. The fourth-order valence-electron chi connectivity index (χ4n) is 2.83. The molecule has 0 saturated heterocycles. The van der Waals surface area contributed by atoms with Gasteiger partial charge in [0.05, 0.1) is 0 Å². The van der Waals surface area contributed by atoms with Gasteiger partial charge < -0.3 is 17.2 Å². The lowest BCUT2D eigenvalue weighted by atomic mass is 10.0. The normalized spacial score (nSPS) is 11.0. The number of fused-ring (bicyclic) bond motifs is 1. The summed E-state index contributed by atoms with van der Waals surface area (Å²) in [5.41, 5.74) is 22.0. The highest BCUT2D eigenvalue weighted by Gasteiger charge is 2.13. The van der Waals surface area contributed by atoms with Crippen LogP contribution in [-0.4, -0.2) is 19.9 Å². The molecule has 8 heteroatoms. The van der Waals surface area contributed by atoms with Gasteiger partial charge in [-0.25, -0.2) is 9.97 Å². The SMILES string of the molecule is Nc1nc(N)c2nc(-c3ccc(Cc4ccc(Br)cc4)cc3)c(N)nc2n1. The van der Waals surface area contributed by atoms with E-state index < -0.39 is 0 Å². The van der Waals surface area contributed by atoms with Crippen LogP contribution in [0.4, 0.5) is 17.6 Å². The molecule has 7 nitrogen and oxygen atoms in total. The van der Waals surface area contributed by atoms with Crippen molar-refractivity contribution in [1.29, 1.82) is 0 Å². The molecule has 0 spiro atoms. The Hall–Kier alpha value is -3.26. The second-order valence-electron chi connectivity index (χ2n) is 6.10. The zero-order chi connectivity index (χ0) is 19.0. The number of nitrogens with two attached hydrogens (primary N) is 3. The number of nitrogens with zero attached hydrogens (tertiary/aromatic N) is 4. The predicted molar refractivity (Wildman–Crippen MR) is 111 cm³/mol. The van der Waals surface area contributed by atoms with Gasteiger partial charge in [0.1, 0.15) is 5.69 Å². The monoisotopic (exact) mass is 421 g/mol. The van der Waals surface area contributed by atoms with Gasteiger partial charge in [-0.05, 0) is 29.7 Å². The third kappa shape index (κ3) is 3.52. The summed E-state index contributed by atoms with van der Waals surface area (Å²) >= 11 is 3.45. The molecule has 6 N–H and O–H groups in total. The highest BCUT2D eigenvalue weighted by molar-refractivity contribution is 9.10. The quantitative estimate of drug-likeness (QED) is 0.462. The number of anilines is 3. The van der Waals surface area contributed by atoms with Crippen LogP contribution in [0.2, 0.25) is 0 Å². The summed E-state index contributed by atoms with van der Waals surface area (Å²) in [6.07, 6.45) is 0.840. The van der Waals surface area contributed by atoms with Crippen molar-refractivity contribution in [3.05, 3.63) is 64.1 Å². The Morgan fingerprint density at radius 3 is 2.00 bits per heavy atom. The Bertz CT molecular complexity index is 1130. The molecule has 0 aliphatic heterocycles. The van der Waals surface area contributed by atoms with Crippen LogP contribution in [0.5, 0.6) is 0 Å². The van der Waals surface area contributed by atoms with Crippen molar-refractivity contribution in [2.75, 3.05) is 17.2 Å². The molecule has 134 valence electrons. The zero-order valence-corrected chi connectivity index (χ0v) is 15.8. The predicted octanol–water partition coefficient (Wildman–Crippen LogP) is 3.19. The van der Waals surface area contributed by atoms with E-state index in [1.165, 1.54) is 11.1 Å². The molecule has 0 saturated carbocycles. The number of benzene rings is 2. The van der Waals surface area contributed by atoms with Crippen molar-refractivity contribution in [3.63, 3.8) is 0 Å². The number of hydrogen-bond donors (Lipinski definition) is 3. The van der Waals surface area contributed by atoms with E-state index in [1.54, 1.807) is 0 Å². The molecule has 0 aliphatic carbocycles. The van der Waals surface area contributed by atoms with Gasteiger partial charge in [0.15, 0.2) is 22.8 Å². The van der Waals surface area contributed by atoms with Gasteiger partial charge in [-0.15, -0.1) is 0 Å². The topological polar surface area (TPSA) is 130 Å². The number of nitrogen functional groups attached to an aromatic ring is 3. The second kappa shape index (κ2) is 6.81. The van der Waals surface area contributed by atoms with E-state index in [4.69, 9.17) is 17.2 Å². The van der Waals surface area contributed by atoms with E-state index in [-0.39, 0.29) is 23.2 Å². The molecule has 2 aromatic carbocycles. The van der Waals surface area contributed by atoms with Crippen molar-refractivity contribution in [2.24, 2.45) is 0 Å². The van der Waals surface area contributed by atoms with E-state index in [0.29, 0.717) is 11.2 Å². The first-order chi connectivity index (χ1) is 13.0. The fourth-order valence-corrected chi connectivity index (χ4v) is 3.09. The van der Waals surface area contributed by atoms with Gasteiger partial charge >= 0.3 is 0 Å². The summed E-state index contributed by atoms with van der Waals surface area (Å²) in [4.78, 5) is 16.7. The molecular weight excluding hydrogens is 406 g/mol. The molecule has 2 aromatic heterocycles. The first-order valence-corrected chi connectivity index (χ1v) is 8.99. The first-order valence-electron chi connectivity index (χ1n) is 8.19. The van der Waals surface area contributed by atoms with Crippen LogP contribution in [0.15, 0.2) is 53.0 Å². The highest BCUT2D eigenvalue weighted by atomic mass is 79.9. The summed E-state index contributed by atoms with van der Waals surface area (Å²) in [5, 5.41) is 0. The average Bonchev–Trinajstić information content (AvgIpc) is 2.64. The molecule has 4 aromatic rings. The summed E-state index contributed by atoms with van der Waals surface area (Å²) in [5.74, 6) is 0.484. The Kier molecular flexibility index (Phi) is 4.33. The summed E-state index contributed by atoms with van der Waals surface area (Å²) < 4.78 is 1.07. The van der Waals surface area contributed by atoms with E-state index in [9.17, 15) is 0 Å². The van der Waals surface area contributed by atoms with Gasteiger partial charge in [0.2, 0.25) is 5.95 Å². The van der Waals surface area contributed by atoms with Crippen LogP contribution in [0.25, 0.3) is 22.4 Å². The lowest BCUT2D eigenvalue weighted by Gasteiger charge is -2.09. The number of aromatic nitrogens is 4. The zero-order valence-electron chi connectivity index (χ0n) is 14.2. The van der Waals surface area contributed by atoms with Crippen molar-refractivity contribution in [2.45, 2.75) is 6.42 Å². The van der Waals surface area contributed by atoms with Gasteiger partial charge in [0.25, 0.3) is 0 Å². The molecule has 2 heterocycles. The highest BCUT2D eigenvalue weighted by Crippen LogP contribution is 2.27. The van der Waals surface area contributed by atoms with Crippen LogP contribution in [0.3, 0.4) is 0 Å². The molecule has 0 fully saturated rings. The van der Waals surface area contributed by atoms with E-state index in [1.807, 2.05) is 36.4 Å². The van der Waals surface area contributed by atoms with Crippen molar-refractivity contribution in [3.8, 4) is 11.3 Å². The van der Waals surface area contributed by atoms with Crippen LogP contribution in [-0.2, 0) is 6.42 Å². The average molecular weight is 422 g/mol. The minimum absolute atomic E-state index is 0.0405. The van der Waals surface area contributed by atoms with Gasteiger partial charge in [0, 0.05) is 10.0 Å². The largest absolute Gasteiger partial charge is 0.382 e. The molecule has 0 unspecified atom stereocenters. The van der Waals surface area contributed by atoms with Gasteiger partial charge in [-0.2, -0.15) is 9.97 Å². The smallest absolute Gasteiger partial charge is 0.224 e. The molecule has 0 aliphatic rings. The maximum Gasteiger partial charge on any atom is 0.224 e. The minimum atomic E-state index is 0.0405. The van der Waals surface area contributed by atoms with E-state index in [2.05, 4.69) is 48.0 Å². The van der Waals surface area contributed by atoms with E-state index in [0.717, 1.165) is 16.5 Å². The Morgan fingerprint density at radius 1 is 0.704 bits per heavy atom. The van der Waals surface area contributed by atoms with Crippen LogP contribution >= 0.6 is 15.9 Å². The molecule has 27 heavy (non-hydrogen) atoms. The van der Waals surface area contributed by atoms with Crippen molar-refractivity contribution >= 4 is 44.7 Å². The van der Waals surface area contributed by atoms with Crippen LogP contribution < -0.4 is 17.2 Å². The van der Waals surface area contributed by atoms with Gasteiger partial charge in [-0.3, -0.25) is 0 Å². The van der Waals surface area contributed by atoms with Crippen LogP contribution in [0.1, 0.15) is 11.1 Å². The Labute approximate surface area is 163 Å². The maximum absolute atomic E-state index is 6.07. The summed E-state index contributed by atoms with van der Waals surface area (Å²) in [6.45, 7) is 0. The van der Waals surface area contributed by atoms with Crippen LogP contribution in [0, 0.1) is 0 Å². The number of halogens is 1. The fraction of sp³-hybridized carbons (Fsp3) is 0.0526.